The molecule has 0 saturated heterocycles. The Labute approximate surface area is 339 Å². The first-order valence-electron chi connectivity index (χ1n) is 20.1. The third kappa shape index (κ3) is 6.17. The van der Waals surface area contributed by atoms with Gasteiger partial charge in [-0.1, -0.05) is 133 Å². The van der Waals surface area contributed by atoms with E-state index in [4.69, 9.17) is 14.4 Å². The smallest absolute Gasteiger partial charge is 0.144 e. The summed E-state index contributed by atoms with van der Waals surface area (Å²) in [4.78, 5) is 14.6. The maximum atomic E-state index is 6.58. The van der Waals surface area contributed by atoms with Crippen LogP contribution in [0.3, 0.4) is 0 Å². The normalized spacial score (nSPS) is 12.3. The highest BCUT2D eigenvalue weighted by Crippen LogP contribution is 2.44. The van der Waals surface area contributed by atoms with E-state index < -0.39 is 0 Å². The monoisotopic (exact) mass is 751 g/mol. The lowest BCUT2D eigenvalue weighted by molar-refractivity contribution is 0.590. The number of fused-ring (bicyclic) bond motifs is 6. The van der Waals surface area contributed by atoms with Crippen LogP contribution in [0.25, 0.3) is 99.8 Å². The minimum Gasteiger partial charge on any atom is -0.455 e. The predicted octanol–water partition coefficient (Wildman–Crippen LogP) is 14.9. The van der Waals surface area contributed by atoms with Gasteiger partial charge in [-0.15, -0.1) is 0 Å². The quantitative estimate of drug-likeness (QED) is 0.190. The summed E-state index contributed by atoms with van der Waals surface area (Å²) in [6.45, 7) is 13.7. The SMILES string of the molecule is CC(C)(C)c1cc(-c2cc(-c3ccccc3)ccn2)c2[nH]c3c(-c4cc(-c5ccccc5)cc(-c5cccc6c5oc5ccccc56)n4)cc(C(C)(C)C)cc3c2c1. The number of furan rings is 1. The Kier molecular flexibility index (Phi) is 8.24. The van der Waals surface area contributed by atoms with Gasteiger partial charge in [0.2, 0.25) is 0 Å². The number of benzene rings is 6. The van der Waals surface area contributed by atoms with Gasteiger partial charge in [0.25, 0.3) is 0 Å². The molecule has 58 heavy (non-hydrogen) atoms. The maximum absolute atomic E-state index is 6.58. The van der Waals surface area contributed by atoms with Gasteiger partial charge in [0, 0.05) is 44.4 Å². The highest BCUT2D eigenvalue weighted by Gasteiger charge is 2.25. The molecule has 282 valence electrons. The number of pyridine rings is 2. The number of nitrogens with one attached hydrogen (secondary N) is 1. The van der Waals surface area contributed by atoms with Crippen molar-refractivity contribution in [1.29, 1.82) is 0 Å². The van der Waals surface area contributed by atoms with Crippen molar-refractivity contribution in [3.05, 3.63) is 169 Å². The fourth-order valence-electron chi connectivity index (χ4n) is 8.31. The van der Waals surface area contributed by atoms with E-state index >= 15 is 0 Å². The van der Waals surface area contributed by atoms with Crippen molar-refractivity contribution in [3.8, 4) is 56.0 Å². The minimum absolute atomic E-state index is 0.0911. The number of hydrogen-bond donors (Lipinski definition) is 1. The first-order chi connectivity index (χ1) is 28.0. The topological polar surface area (TPSA) is 54.7 Å². The standard InChI is InChI=1S/C54H45N3O/c1-53(2,3)37-29-42-43-30-38(54(4,5)6)32-45(51(43)57-50(42)44(31-37)46-26-35(24-25-55-46)33-16-9-7-10-17-33)48-28-36(34-18-11-8-12-19-34)27-47(56-48)41-22-15-21-40-39-20-13-14-23-49(39)58-52(40)41/h7-32,57H,1-6H3. The summed E-state index contributed by atoms with van der Waals surface area (Å²) < 4.78 is 6.58. The molecule has 4 heteroatoms. The molecule has 0 radical (unpaired) electrons. The van der Waals surface area contributed by atoms with Crippen LogP contribution in [0, 0.1) is 0 Å². The molecular formula is C54H45N3O. The van der Waals surface area contributed by atoms with Crippen LogP contribution in [0.1, 0.15) is 52.7 Å². The Balaban J connectivity index is 1.27. The molecule has 0 aliphatic carbocycles. The summed E-state index contributed by atoms with van der Waals surface area (Å²) in [5.74, 6) is 0. The lowest BCUT2D eigenvalue weighted by Crippen LogP contribution is -2.11. The second-order valence-electron chi connectivity index (χ2n) is 17.6. The summed E-state index contributed by atoms with van der Waals surface area (Å²) in [6, 6.07) is 54.0. The molecule has 10 aromatic rings. The molecule has 0 aliphatic rings. The maximum Gasteiger partial charge on any atom is 0.144 e. The average molecular weight is 752 g/mol. The van der Waals surface area contributed by atoms with Gasteiger partial charge in [0.1, 0.15) is 11.2 Å². The van der Waals surface area contributed by atoms with Crippen LogP contribution in [0.5, 0.6) is 0 Å². The highest BCUT2D eigenvalue weighted by molar-refractivity contribution is 6.16. The Morgan fingerprint density at radius 2 is 0.966 bits per heavy atom. The van der Waals surface area contributed by atoms with Crippen molar-refractivity contribution < 1.29 is 4.42 Å². The van der Waals surface area contributed by atoms with Gasteiger partial charge in [-0.25, -0.2) is 4.98 Å². The molecule has 4 heterocycles. The van der Waals surface area contributed by atoms with E-state index in [1.807, 2.05) is 18.3 Å². The zero-order valence-electron chi connectivity index (χ0n) is 33.8. The molecule has 0 unspecified atom stereocenters. The van der Waals surface area contributed by atoms with Crippen LogP contribution in [-0.2, 0) is 10.8 Å². The molecule has 4 aromatic heterocycles. The van der Waals surface area contributed by atoms with Gasteiger partial charge in [-0.2, -0.15) is 0 Å². The van der Waals surface area contributed by atoms with E-state index in [0.29, 0.717) is 0 Å². The first kappa shape index (κ1) is 35.6. The van der Waals surface area contributed by atoms with E-state index in [2.05, 4.69) is 186 Å². The van der Waals surface area contributed by atoms with E-state index in [1.54, 1.807) is 0 Å². The molecular weight excluding hydrogens is 707 g/mol. The molecule has 0 bridgehead atoms. The van der Waals surface area contributed by atoms with Crippen molar-refractivity contribution in [2.45, 2.75) is 52.4 Å². The van der Waals surface area contributed by atoms with Crippen LogP contribution in [-0.4, -0.2) is 15.0 Å². The molecule has 0 aliphatic heterocycles. The van der Waals surface area contributed by atoms with E-state index in [1.165, 1.54) is 27.5 Å². The number of para-hydroxylation sites is 2. The van der Waals surface area contributed by atoms with Crippen molar-refractivity contribution >= 4 is 43.7 Å². The lowest BCUT2D eigenvalue weighted by Gasteiger charge is -2.22. The second-order valence-corrected chi connectivity index (χ2v) is 17.6. The Hall–Kier alpha value is -6.78. The fraction of sp³-hybridized carbons (Fsp3) is 0.148. The third-order valence-electron chi connectivity index (χ3n) is 11.6. The summed E-state index contributed by atoms with van der Waals surface area (Å²) >= 11 is 0. The molecule has 0 saturated carbocycles. The zero-order valence-corrected chi connectivity index (χ0v) is 33.8. The van der Waals surface area contributed by atoms with E-state index in [9.17, 15) is 0 Å². The number of H-pyrrole nitrogens is 1. The molecule has 10 rings (SSSR count). The minimum atomic E-state index is -0.123. The number of aromatic amines is 1. The summed E-state index contributed by atoms with van der Waals surface area (Å²) in [7, 11) is 0. The molecule has 0 spiro atoms. The van der Waals surface area contributed by atoms with Crippen LogP contribution in [0.2, 0.25) is 0 Å². The highest BCUT2D eigenvalue weighted by atomic mass is 16.3. The Bertz CT molecular complexity index is 3170. The molecule has 1 N–H and O–H groups in total. The van der Waals surface area contributed by atoms with Gasteiger partial charge < -0.3 is 9.40 Å². The Morgan fingerprint density at radius 3 is 1.60 bits per heavy atom. The Morgan fingerprint density at radius 1 is 0.431 bits per heavy atom. The van der Waals surface area contributed by atoms with Gasteiger partial charge in [0.15, 0.2) is 0 Å². The number of hydrogen-bond acceptors (Lipinski definition) is 3. The van der Waals surface area contributed by atoms with Crippen LogP contribution in [0.15, 0.2) is 162 Å². The van der Waals surface area contributed by atoms with Crippen LogP contribution >= 0.6 is 0 Å². The molecule has 0 atom stereocenters. The van der Waals surface area contributed by atoms with Crippen molar-refractivity contribution in [1.82, 2.24) is 15.0 Å². The number of rotatable bonds is 5. The van der Waals surface area contributed by atoms with Gasteiger partial charge >= 0.3 is 0 Å². The van der Waals surface area contributed by atoms with Crippen molar-refractivity contribution in [2.75, 3.05) is 0 Å². The van der Waals surface area contributed by atoms with Crippen molar-refractivity contribution in [2.24, 2.45) is 0 Å². The van der Waals surface area contributed by atoms with Gasteiger partial charge in [0.05, 0.1) is 28.1 Å². The van der Waals surface area contributed by atoms with Crippen molar-refractivity contribution in [3.63, 3.8) is 0 Å². The third-order valence-corrected chi connectivity index (χ3v) is 11.6. The lowest BCUT2D eigenvalue weighted by atomic mass is 9.83. The average Bonchev–Trinajstić information content (AvgIpc) is 3.82. The first-order valence-corrected chi connectivity index (χ1v) is 20.1. The summed E-state index contributed by atoms with van der Waals surface area (Å²) in [6.07, 6.45) is 1.93. The molecule has 4 nitrogen and oxygen atoms in total. The predicted molar refractivity (Wildman–Crippen MR) is 243 cm³/mol. The van der Waals surface area contributed by atoms with Gasteiger partial charge in [-0.3, -0.25) is 4.98 Å². The number of nitrogens with zero attached hydrogens (tertiary/aromatic N) is 2. The molecule has 6 aromatic carbocycles. The van der Waals surface area contributed by atoms with Gasteiger partial charge in [-0.05, 0) is 105 Å². The number of aromatic nitrogens is 3. The summed E-state index contributed by atoms with van der Waals surface area (Å²) in [5, 5.41) is 4.55. The summed E-state index contributed by atoms with van der Waals surface area (Å²) in [5.41, 5.74) is 16.5. The second kappa shape index (κ2) is 13.4. The zero-order chi connectivity index (χ0) is 39.8. The van der Waals surface area contributed by atoms with Crippen LogP contribution in [0.4, 0.5) is 0 Å². The molecule has 0 amide bonds. The van der Waals surface area contributed by atoms with E-state index in [0.717, 1.165) is 83.4 Å². The van der Waals surface area contributed by atoms with Crippen LogP contribution < -0.4 is 0 Å². The molecule has 0 fully saturated rings. The van der Waals surface area contributed by atoms with E-state index in [-0.39, 0.29) is 10.8 Å². The fourth-order valence-corrected chi connectivity index (χ4v) is 8.31. The largest absolute Gasteiger partial charge is 0.455 e.